The van der Waals surface area contributed by atoms with Gasteiger partial charge in [0.15, 0.2) is 5.76 Å². The predicted octanol–water partition coefficient (Wildman–Crippen LogP) is 2.37. The minimum absolute atomic E-state index is 0.770. The van der Waals surface area contributed by atoms with Crippen LogP contribution in [0.2, 0.25) is 0 Å². The van der Waals surface area contributed by atoms with Gasteiger partial charge < -0.3 is 4.42 Å². The van der Waals surface area contributed by atoms with E-state index in [1.54, 1.807) is 6.21 Å². The molecule has 0 saturated carbocycles. The first-order valence-corrected chi connectivity index (χ1v) is 3.95. The van der Waals surface area contributed by atoms with Gasteiger partial charge in [-0.1, -0.05) is 18.2 Å². The Morgan fingerprint density at radius 1 is 1.25 bits per heavy atom. The minimum Gasteiger partial charge on any atom is -0.455 e. The monoisotopic (exact) mass is 157 g/mol. The van der Waals surface area contributed by atoms with Crippen LogP contribution in [0.3, 0.4) is 0 Å². The summed E-state index contributed by atoms with van der Waals surface area (Å²) in [6, 6.07) is 8.07. The Morgan fingerprint density at radius 3 is 3.17 bits per heavy atom. The van der Waals surface area contributed by atoms with Crippen LogP contribution in [0.25, 0.3) is 11.0 Å². The molecule has 0 aliphatic carbocycles. The number of nitrogens with zero attached hydrogens (tertiary/aromatic N) is 1. The highest BCUT2D eigenvalue weighted by molar-refractivity contribution is 5.93. The average molecular weight is 157 g/mol. The zero-order valence-electron chi connectivity index (χ0n) is 6.45. The van der Waals surface area contributed by atoms with Crippen molar-refractivity contribution in [1.29, 1.82) is 0 Å². The fourth-order valence-electron chi connectivity index (χ4n) is 1.60. The van der Waals surface area contributed by atoms with Gasteiger partial charge in [0.25, 0.3) is 0 Å². The van der Waals surface area contributed by atoms with E-state index in [9.17, 15) is 0 Å². The maximum Gasteiger partial charge on any atom is 0.151 e. The smallest absolute Gasteiger partial charge is 0.151 e. The van der Waals surface area contributed by atoms with E-state index in [1.807, 2.05) is 18.2 Å². The minimum atomic E-state index is 0.770. The van der Waals surface area contributed by atoms with Crippen molar-refractivity contribution in [1.82, 2.24) is 0 Å². The van der Waals surface area contributed by atoms with E-state index in [-0.39, 0.29) is 0 Å². The number of aliphatic imine (C=N–C) groups is 1. The molecule has 3 rings (SSSR count). The molecule has 2 nitrogen and oxygen atoms in total. The summed E-state index contributed by atoms with van der Waals surface area (Å²) >= 11 is 0. The summed E-state index contributed by atoms with van der Waals surface area (Å²) in [5.74, 6) is 0.927. The number of furan rings is 1. The highest BCUT2D eigenvalue weighted by Crippen LogP contribution is 2.27. The van der Waals surface area contributed by atoms with Gasteiger partial charge in [-0.15, -0.1) is 0 Å². The summed E-state index contributed by atoms with van der Waals surface area (Å²) in [4.78, 5) is 4.14. The standard InChI is InChI=1S/C10H7NO/c1-2-4-9-7(3-1)8-5-11-6-10(8)12-9/h1-4,6H,5H2. The van der Waals surface area contributed by atoms with Gasteiger partial charge in [0.05, 0.1) is 12.8 Å². The summed E-state index contributed by atoms with van der Waals surface area (Å²) in [6.07, 6.45) is 1.80. The molecule has 12 heavy (non-hydrogen) atoms. The van der Waals surface area contributed by atoms with Gasteiger partial charge in [0.1, 0.15) is 5.58 Å². The first-order chi connectivity index (χ1) is 5.95. The third-order valence-electron chi connectivity index (χ3n) is 2.19. The Kier molecular flexibility index (Phi) is 0.987. The van der Waals surface area contributed by atoms with Crippen molar-refractivity contribution in [3.63, 3.8) is 0 Å². The molecule has 2 heterocycles. The lowest BCUT2D eigenvalue weighted by Crippen LogP contribution is -1.74. The summed E-state index contributed by atoms with van der Waals surface area (Å²) in [7, 11) is 0. The van der Waals surface area contributed by atoms with Crippen molar-refractivity contribution in [2.75, 3.05) is 0 Å². The molecule has 0 spiro atoms. The number of hydrogen-bond donors (Lipinski definition) is 0. The van der Waals surface area contributed by atoms with E-state index < -0.39 is 0 Å². The first-order valence-electron chi connectivity index (χ1n) is 3.95. The third kappa shape index (κ3) is 0.619. The van der Waals surface area contributed by atoms with Gasteiger partial charge in [-0.05, 0) is 6.07 Å². The molecule has 0 unspecified atom stereocenters. The Bertz CT molecular complexity index is 468. The summed E-state index contributed by atoms with van der Waals surface area (Å²) < 4.78 is 5.56. The second-order valence-corrected chi connectivity index (χ2v) is 2.91. The molecule has 0 saturated heterocycles. The van der Waals surface area contributed by atoms with Crippen LogP contribution in [0.15, 0.2) is 33.7 Å². The van der Waals surface area contributed by atoms with Crippen molar-refractivity contribution < 1.29 is 4.42 Å². The zero-order valence-corrected chi connectivity index (χ0v) is 6.45. The highest BCUT2D eigenvalue weighted by atomic mass is 16.3. The highest BCUT2D eigenvalue weighted by Gasteiger charge is 2.14. The molecule has 1 aliphatic rings. The Hall–Kier alpha value is -1.57. The van der Waals surface area contributed by atoms with E-state index in [4.69, 9.17) is 4.42 Å². The molecule has 1 aromatic heterocycles. The molecule has 1 aromatic carbocycles. The summed E-state index contributed by atoms with van der Waals surface area (Å²) in [6.45, 7) is 0.770. The molecule has 0 atom stereocenters. The quantitative estimate of drug-likeness (QED) is 0.576. The van der Waals surface area contributed by atoms with Crippen molar-refractivity contribution >= 4 is 17.2 Å². The van der Waals surface area contributed by atoms with Crippen LogP contribution in [-0.4, -0.2) is 6.21 Å². The van der Waals surface area contributed by atoms with Gasteiger partial charge in [0.2, 0.25) is 0 Å². The summed E-state index contributed by atoms with van der Waals surface area (Å²) in [5, 5.41) is 1.20. The largest absolute Gasteiger partial charge is 0.455 e. The summed E-state index contributed by atoms with van der Waals surface area (Å²) in [5.41, 5.74) is 2.19. The maximum atomic E-state index is 5.56. The van der Waals surface area contributed by atoms with Gasteiger partial charge in [-0.25, -0.2) is 0 Å². The van der Waals surface area contributed by atoms with Crippen molar-refractivity contribution in [2.24, 2.45) is 4.99 Å². The van der Waals surface area contributed by atoms with Crippen LogP contribution >= 0.6 is 0 Å². The molecule has 1 aliphatic heterocycles. The number of para-hydroxylation sites is 1. The lowest BCUT2D eigenvalue weighted by molar-refractivity contribution is 0.607. The molecule has 58 valence electrons. The number of hydrogen-bond acceptors (Lipinski definition) is 2. The van der Waals surface area contributed by atoms with Gasteiger partial charge in [-0.2, -0.15) is 0 Å². The van der Waals surface area contributed by atoms with E-state index >= 15 is 0 Å². The number of rotatable bonds is 0. The Balaban J connectivity index is 2.49. The molecule has 2 heteroatoms. The Morgan fingerprint density at radius 2 is 2.17 bits per heavy atom. The van der Waals surface area contributed by atoms with Crippen LogP contribution in [0, 0.1) is 0 Å². The van der Waals surface area contributed by atoms with Crippen LogP contribution in [0.5, 0.6) is 0 Å². The molecule has 2 aromatic rings. The van der Waals surface area contributed by atoms with Crippen molar-refractivity contribution in [3.05, 3.63) is 35.6 Å². The number of fused-ring (bicyclic) bond motifs is 3. The molecular formula is C10H7NO. The molecule has 0 fully saturated rings. The molecule has 0 radical (unpaired) electrons. The average Bonchev–Trinajstić information content (AvgIpc) is 2.62. The van der Waals surface area contributed by atoms with Crippen LogP contribution in [-0.2, 0) is 6.54 Å². The lowest BCUT2D eigenvalue weighted by Gasteiger charge is -1.87. The normalized spacial score (nSPS) is 14.0. The van der Waals surface area contributed by atoms with Gasteiger partial charge >= 0.3 is 0 Å². The molecule has 0 bridgehead atoms. The Labute approximate surface area is 69.5 Å². The van der Waals surface area contributed by atoms with Crippen LogP contribution < -0.4 is 0 Å². The van der Waals surface area contributed by atoms with Gasteiger partial charge in [0, 0.05) is 10.9 Å². The molecular weight excluding hydrogens is 150 g/mol. The molecule has 0 amide bonds. The van der Waals surface area contributed by atoms with E-state index in [0.717, 1.165) is 17.9 Å². The fourth-order valence-corrected chi connectivity index (χ4v) is 1.60. The molecule has 0 N–H and O–H groups in total. The fraction of sp³-hybridized carbons (Fsp3) is 0.100. The van der Waals surface area contributed by atoms with Crippen molar-refractivity contribution in [3.8, 4) is 0 Å². The SMILES string of the molecule is C1=NCc2c1oc1ccccc21. The topological polar surface area (TPSA) is 25.5 Å². The van der Waals surface area contributed by atoms with E-state index in [0.29, 0.717) is 0 Å². The van der Waals surface area contributed by atoms with Gasteiger partial charge in [-0.3, -0.25) is 4.99 Å². The lowest BCUT2D eigenvalue weighted by atomic mass is 10.1. The number of benzene rings is 1. The predicted molar refractivity (Wildman–Crippen MR) is 47.5 cm³/mol. The van der Waals surface area contributed by atoms with Crippen molar-refractivity contribution in [2.45, 2.75) is 6.54 Å². The van der Waals surface area contributed by atoms with E-state index in [2.05, 4.69) is 11.1 Å². The first kappa shape index (κ1) is 6.00. The second-order valence-electron chi connectivity index (χ2n) is 2.91. The van der Waals surface area contributed by atoms with Crippen LogP contribution in [0.1, 0.15) is 11.3 Å². The second kappa shape index (κ2) is 1.97. The van der Waals surface area contributed by atoms with Crippen LogP contribution in [0.4, 0.5) is 0 Å². The maximum absolute atomic E-state index is 5.56. The van der Waals surface area contributed by atoms with E-state index in [1.165, 1.54) is 10.9 Å². The zero-order chi connectivity index (χ0) is 7.97. The third-order valence-corrected chi connectivity index (χ3v) is 2.19.